The van der Waals surface area contributed by atoms with Crippen molar-refractivity contribution < 1.29 is 9.53 Å². The molecule has 2 aromatic rings. The fourth-order valence-electron chi connectivity index (χ4n) is 3.76. The fraction of sp³-hybridized carbons (Fsp3) is 0.421. The molecule has 1 saturated carbocycles. The molecule has 25 heavy (non-hydrogen) atoms. The second-order valence-corrected chi connectivity index (χ2v) is 7.66. The van der Waals surface area contributed by atoms with Crippen molar-refractivity contribution in [2.24, 2.45) is 0 Å². The van der Waals surface area contributed by atoms with Crippen molar-refractivity contribution >= 4 is 17.2 Å². The molecule has 1 amide bonds. The van der Waals surface area contributed by atoms with E-state index < -0.39 is 0 Å². The van der Waals surface area contributed by atoms with E-state index in [-0.39, 0.29) is 17.4 Å². The minimum absolute atomic E-state index is 0.0221. The molecule has 2 aliphatic rings. The van der Waals surface area contributed by atoms with Gasteiger partial charge in [0.2, 0.25) is 11.8 Å². The van der Waals surface area contributed by atoms with Crippen molar-refractivity contribution in [2.75, 3.05) is 13.1 Å². The van der Waals surface area contributed by atoms with Crippen LogP contribution in [-0.2, 0) is 10.2 Å². The van der Waals surface area contributed by atoms with E-state index in [9.17, 15) is 4.79 Å². The predicted octanol–water partition coefficient (Wildman–Crippen LogP) is 3.12. The van der Waals surface area contributed by atoms with Gasteiger partial charge in [-0.1, -0.05) is 18.9 Å². The first kappa shape index (κ1) is 16.1. The molecule has 0 atom stereocenters. The Morgan fingerprint density at radius 3 is 2.72 bits per heavy atom. The fourth-order valence-corrected chi connectivity index (χ4v) is 4.74. The molecule has 6 heteroatoms. The number of hydrogen-bond donors (Lipinski definition) is 0. The molecule has 0 N–H and O–H groups in total. The Morgan fingerprint density at radius 2 is 2.12 bits per heavy atom. The summed E-state index contributed by atoms with van der Waals surface area (Å²) < 4.78 is 5.80. The molecule has 128 valence electrons. The third-order valence-corrected chi connectivity index (χ3v) is 6.22. The zero-order valence-corrected chi connectivity index (χ0v) is 14.7. The Bertz CT molecular complexity index is 783. The van der Waals surface area contributed by atoms with Gasteiger partial charge in [0.15, 0.2) is 0 Å². The largest absolute Gasteiger partial charge is 0.471 e. The van der Waals surface area contributed by atoms with Gasteiger partial charge in [-0.25, -0.2) is 4.98 Å². The van der Waals surface area contributed by atoms with Gasteiger partial charge >= 0.3 is 0 Å². The van der Waals surface area contributed by atoms with E-state index in [1.807, 2.05) is 17.0 Å². The average Bonchev–Trinajstić information content (AvgIpc) is 3.29. The van der Waals surface area contributed by atoms with Crippen LogP contribution in [0.4, 0.5) is 0 Å². The van der Waals surface area contributed by atoms with Gasteiger partial charge in [0.05, 0.1) is 24.1 Å². The van der Waals surface area contributed by atoms with Gasteiger partial charge in [-0.05, 0) is 30.4 Å². The molecule has 5 nitrogen and oxygen atoms in total. The quantitative estimate of drug-likeness (QED) is 0.847. The van der Waals surface area contributed by atoms with Crippen LogP contribution in [0, 0.1) is 11.3 Å². The summed E-state index contributed by atoms with van der Waals surface area (Å²) in [6.07, 6.45) is 5.61. The summed E-state index contributed by atoms with van der Waals surface area (Å²) in [6.45, 7) is 1.21. The summed E-state index contributed by atoms with van der Waals surface area (Å²) in [4.78, 5) is 20.4. The molecule has 1 saturated heterocycles. The van der Waals surface area contributed by atoms with E-state index in [2.05, 4.69) is 16.4 Å². The number of nitriles is 1. The highest BCUT2D eigenvalue weighted by Gasteiger charge is 2.48. The summed E-state index contributed by atoms with van der Waals surface area (Å²) in [6, 6.07) is 9.56. The van der Waals surface area contributed by atoms with Crippen molar-refractivity contribution in [1.29, 1.82) is 5.26 Å². The van der Waals surface area contributed by atoms with Gasteiger partial charge in [0.1, 0.15) is 12.2 Å². The van der Waals surface area contributed by atoms with Crippen molar-refractivity contribution in [3.05, 3.63) is 46.3 Å². The van der Waals surface area contributed by atoms with Crippen LogP contribution in [0.1, 0.15) is 36.1 Å². The molecule has 0 spiro atoms. The maximum Gasteiger partial charge on any atom is 0.234 e. The maximum absolute atomic E-state index is 13.2. The average molecular weight is 353 g/mol. The summed E-state index contributed by atoms with van der Waals surface area (Å²) in [7, 11) is 0. The molecule has 1 aliphatic heterocycles. The number of ether oxygens (including phenoxy) is 1. The molecule has 0 radical (unpaired) electrons. The minimum Gasteiger partial charge on any atom is -0.471 e. The highest BCUT2D eigenvalue weighted by molar-refractivity contribution is 7.10. The van der Waals surface area contributed by atoms with E-state index in [1.165, 1.54) is 11.1 Å². The first-order chi connectivity index (χ1) is 12.2. The lowest BCUT2D eigenvalue weighted by Gasteiger charge is -2.43. The number of aromatic nitrogens is 1. The van der Waals surface area contributed by atoms with Crippen LogP contribution in [0.3, 0.4) is 0 Å². The molecule has 2 aromatic heterocycles. The van der Waals surface area contributed by atoms with Crippen molar-refractivity contribution in [3.8, 4) is 11.9 Å². The number of carbonyl (C=O) groups is 1. The highest BCUT2D eigenvalue weighted by atomic mass is 32.1. The third-order valence-electron chi connectivity index (χ3n) is 5.15. The van der Waals surface area contributed by atoms with Crippen molar-refractivity contribution in [3.63, 3.8) is 0 Å². The number of carbonyl (C=O) groups excluding carboxylic acids is 1. The predicted molar refractivity (Wildman–Crippen MR) is 94.4 cm³/mol. The van der Waals surface area contributed by atoms with Crippen LogP contribution in [0.15, 0.2) is 35.8 Å². The van der Waals surface area contributed by atoms with Crippen LogP contribution >= 0.6 is 11.3 Å². The van der Waals surface area contributed by atoms with E-state index in [0.29, 0.717) is 24.5 Å². The number of thiophene rings is 1. The second kappa shape index (κ2) is 6.49. The van der Waals surface area contributed by atoms with Crippen molar-refractivity contribution in [1.82, 2.24) is 9.88 Å². The Morgan fingerprint density at radius 1 is 1.32 bits per heavy atom. The van der Waals surface area contributed by atoms with E-state index in [1.54, 1.807) is 23.5 Å². The summed E-state index contributed by atoms with van der Waals surface area (Å²) in [5.41, 5.74) is 0.197. The van der Waals surface area contributed by atoms with Gasteiger partial charge in [-0.3, -0.25) is 4.79 Å². The number of pyridine rings is 1. The number of amides is 1. The molecule has 0 bridgehead atoms. The lowest BCUT2D eigenvalue weighted by molar-refractivity contribution is -0.146. The zero-order valence-electron chi connectivity index (χ0n) is 13.9. The second-order valence-electron chi connectivity index (χ2n) is 6.71. The first-order valence-corrected chi connectivity index (χ1v) is 9.45. The normalized spacial score (nSPS) is 19.2. The number of hydrogen-bond acceptors (Lipinski definition) is 5. The standard InChI is InChI=1S/C19H19N3O2S/c20-10-14-5-6-17(21-11-14)24-15-12-22(13-15)18(23)19(7-1-2-8-19)16-4-3-9-25-16/h3-6,9,11,15H,1-2,7-8,12-13H2. The Labute approximate surface area is 150 Å². The van der Waals surface area contributed by atoms with Crippen LogP contribution in [0.5, 0.6) is 5.88 Å². The van der Waals surface area contributed by atoms with Crippen LogP contribution in [0.2, 0.25) is 0 Å². The molecular weight excluding hydrogens is 334 g/mol. The molecular formula is C19H19N3O2S. The van der Waals surface area contributed by atoms with E-state index >= 15 is 0 Å². The molecule has 4 rings (SSSR count). The van der Waals surface area contributed by atoms with Gasteiger partial charge in [0.25, 0.3) is 0 Å². The SMILES string of the molecule is N#Cc1ccc(OC2CN(C(=O)C3(c4cccs4)CCCC3)C2)nc1. The highest BCUT2D eigenvalue weighted by Crippen LogP contribution is 2.45. The Balaban J connectivity index is 1.39. The molecule has 2 fully saturated rings. The number of nitrogens with zero attached hydrogens (tertiary/aromatic N) is 3. The van der Waals surface area contributed by atoms with E-state index in [4.69, 9.17) is 10.00 Å². The zero-order chi connectivity index (χ0) is 17.3. The maximum atomic E-state index is 13.2. The van der Waals surface area contributed by atoms with E-state index in [0.717, 1.165) is 25.7 Å². The van der Waals surface area contributed by atoms with Gasteiger partial charge in [-0.15, -0.1) is 11.3 Å². The molecule has 3 heterocycles. The smallest absolute Gasteiger partial charge is 0.234 e. The first-order valence-electron chi connectivity index (χ1n) is 8.57. The van der Waals surface area contributed by atoms with Gasteiger partial charge < -0.3 is 9.64 Å². The Kier molecular flexibility index (Phi) is 4.18. The van der Waals surface area contributed by atoms with Crippen molar-refractivity contribution in [2.45, 2.75) is 37.2 Å². The van der Waals surface area contributed by atoms with Crippen LogP contribution in [0.25, 0.3) is 0 Å². The molecule has 0 unspecified atom stereocenters. The lowest BCUT2D eigenvalue weighted by Crippen LogP contribution is -2.60. The number of likely N-dealkylation sites (tertiary alicyclic amines) is 1. The minimum atomic E-state index is -0.314. The van der Waals surface area contributed by atoms with Gasteiger partial charge in [-0.2, -0.15) is 5.26 Å². The molecule has 0 aromatic carbocycles. The monoisotopic (exact) mass is 353 g/mol. The van der Waals surface area contributed by atoms with Gasteiger partial charge in [0, 0.05) is 17.1 Å². The lowest BCUT2D eigenvalue weighted by atomic mass is 9.82. The summed E-state index contributed by atoms with van der Waals surface area (Å²) in [5, 5.41) is 10.9. The topological polar surface area (TPSA) is 66.2 Å². The number of rotatable bonds is 4. The third kappa shape index (κ3) is 2.89. The Hall–Kier alpha value is -2.39. The molecule has 1 aliphatic carbocycles. The van der Waals surface area contributed by atoms with Crippen LogP contribution < -0.4 is 4.74 Å². The van der Waals surface area contributed by atoms with Crippen LogP contribution in [-0.4, -0.2) is 35.0 Å². The summed E-state index contributed by atoms with van der Waals surface area (Å²) in [5.74, 6) is 0.755. The summed E-state index contributed by atoms with van der Waals surface area (Å²) >= 11 is 1.69.